The molecule has 4 heterocycles. The molecule has 3 aromatic heterocycles. The molecule has 2 fully saturated rings. The van der Waals surface area contributed by atoms with Crippen LogP contribution >= 0.6 is 0 Å². The topological polar surface area (TPSA) is 111 Å². The quantitative estimate of drug-likeness (QED) is 0.469. The lowest BCUT2D eigenvalue weighted by Crippen LogP contribution is -2.29. The fourth-order valence-electron chi connectivity index (χ4n) is 5.09. The summed E-state index contributed by atoms with van der Waals surface area (Å²) in [7, 11) is 0. The molecule has 1 saturated carbocycles. The molecule has 1 aliphatic heterocycles. The summed E-state index contributed by atoms with van der Waals surface area (Å²) in [6.45, 7) is 0.831. The maximum absolute atomic E-state index is 14.5. The Bertz CT molecular complexity index is 1470. The molecule has 4 aromatic rings. The zero-order chi connectivity index (χ0) is 22.5. The Hall–Kier alpha value is -3.58. The van der Waals surface area contributed by atoms with Crippen molar-refractivity contribution in [3.63, 3.8) is 0 Å². The summed E-state index contributed by atoms with van der Waals surface area (Å²) in [5.74, 6) is 0.378. The van der Waals surface area contributed by atoms with E-state index in [1.807, 2.05) is 6.07 Å². The molecule has 6 rings (SSSR count). The average Bonchev–Trinajstić information content (AvgIpc) is 3.62. The number of halogens is 1. The fraction of sp³-hybridized carbons (Fsp3) is 0.435. The van der Waals surface area contributed by atoms with Crippen LogP contribution in [0.25, 0.3) is 28.1 Å². The molecule has 2 aliphatic rings. The zero-order valence-electron chi connectivity index (χ0n) is 17.8. The monoisotopic (exact) mass is 448 g/mol. The largest absolute Gasteiger partial charge is 0.376 e. The fourth-order valence-corrected chi connectivity index (χ4v) is 5.09. The molecule has 33 heavy (non-hydrogen) atoms. The summed E-state index contributed by atoms with van der Waals surface area (Å²) in [5, 5.41) is 13.8. The lowest BCUT2D eigenvalue weighted by molar-refractivity contribution is 0.0972. The van der Waals surface area contributed by atoms with Gasteiger partial charge in [0, 0.05) is 12.5 Å². The van der Waals surface area contributed by atoms with Gasteiger partial charge in [-0.05, 0) is 37.8 Å². The van der Waals surface area contributed by atoms with Crippen molar-refractivity contribution in [2.24, 2.45) is 0 Å². The second-order valence-corrected chi connectivity index (χ2v) is 8.70. The number of hydrogen-bond donors (Lipinski definition) is 0. The van der Waals surface area contributed by atoms with Crippen LogP contribution in [0.4, 0.5) is 4.39 Å². The molecule has 1 aliphatic carbocycles. The minimum Gasteiger partial charge on any atom is -0.376 e. The summed E-state index contributed by atoms with van der Waals surface area (Å²) in [4.78, 5) is 22.7. The van der Waals surface area contributed by atoms with Crippen LogP contribution in [0.1, 0.15) is 55.9 Å². The second kappa shape index (κ2) is 7.78. The highest BCUT2D eigenvalue weighted by Gasteiger charge is 2.27. The van der Waals surface area contributed by atoms with Crippen LogP contribution in [0, 0.1) is 17.1 Å². The highest BCUT2D eigenvalue weighted by molar-refractivity contribution is 5.87. The summed E-state index contributed by atoms with van der Waals surface area (Å²) in [5.41, 5.74) is 0.712. The molecule has 1 unspecified atom stereocenters. The molecule has 9 nitrogen and oxygen atoms in total. The van der Waals surface area contributed by atoms with E-state index in [-0.39, 0.29) is 41.0 Å². The van der Waals surface area contributed by atoms with E-state index in [0.717, 1.165) is 38.5 Å². The zero-order valence-corrected chi connectivity index (χ0v) is 17.8. The minimum atomic E-state index is -0.676. The van der Waals surface area contributed by atoms with Crippen molar-refractivity contribution in [2.75, 3.05) is 6.61 Å². The molecular weight excluding hydrogens is 427 g/mol. The molecule has 168 valence electrons. The summed E-state index contributed by atoms with van der Waals surface area (Å²) in [6, 6.07) is 4.70. The van der Waals surface area contributed by atoms with Gasteiger partial charge in [-0.25, -0.2) is 9.37 Å². The maximum atomic E-state index is 14.5. The number of hydrogen-bond acceptors (Lipinski definition) is 7. The van der Waals surface area contributed by atoms with E-state index in [0.29, 0.717) is 23.7 Å². The van der Waals surface area contributed by atoms with Gasteiger partial charge in [0.1, 0.15) is 35.0 Å². The van der Waals surface area contributed by atoms with E-state index in [1.54, 1.807) is 10.5 Å². The molecule has 0 bridgehead atoms. The van der Waals surface area contributed by atoms with Crippen molar-refractivity contribution < 1.29 is 13.7 Å². The first kappa shape index (κ1) is 20.1. The maximum Gasteiger partial charge on any atom is 0.277 e. The lowest BCUT2D eigenvalue weighted by atomic mass is 10.1. The molecule has 0 N–H and O–H groups in total. The van der Waals surface area contributed by atoms with Gasteiger partial charge in [-0.2, -0.15) is 10.2 Å². The average molecular weight is 448 g/mol. The van der Waals surface area contributed by atoms with Gasteiger partial charge in [-0.3, -0.25) is 9.20 Å². The number of nitriles is 1. The summed E-state index contributed by atoms with van der Waals surface area (Å²) < 4.78 is 28.8. The van der Waals surface area contributed by atoms with Gasteiger partial charge >= 0.3 is 0 Å². The van der Waals surface area contributed by atoms with E-state index in [9.17, 15) is 14.4 Å². The smallest absolute Gasteiger partial charge is 0.277 e. The minimum absolute atomic E-state index is 0.178. The first-order valence-corrected chi connectivity index (χ1v) is 11.2. The van der Waals surface area contributed by atoms with Crippen LogP contribution < -0.4 is 5.56 Å². The van der Waals surface area contributed by atoms with E-state index >= 15 is 0 Å². The predicted octanol–water partition coefficient (Wildman–Crippen LogP) is 3.55. The van der Waals surface area contributed by atoms with Gasteiger partial charge in [0.15, 0.2) is 0 Å². The van der Waals surface area contributed by atoms with Gasteiger partial charge in [-0.1, -0.05) is 18.0 Å². The first-order chi connectivity index (χ1) is 16.2. The molecular formula is C23H21FN6O3. The predicted molar refractivity (Wildman–Crippen MR) is 115 cm³/mol. The third-order valence-electron chi connectivity index (χ3n) is 6.73. The van der Waals surface area contributed by atoms with E-state index < -0.39 is 11.4 Å². The van der Waals surface area contributed by atoms with Crippen LogP contribution in [-0.4, -0.2) is 36.8 Å². The molecule has 10 heteroatoms. The number of rotatable bonds is 4. The van der Waals surface area contributed by atoms with E-state index in [2.05, 4.69) is 15.1 Å². The van der Waals surface area contributed by atoms with Gasteiger partial charge in [0.05, 0.1) is 23.7 Å². The summed E-state index contributed by atoms with van der Waals surface area (Å²) in [6.07, 6.45) is 7.26. The van der Waals surface area contributed by atoms with Gasteiger partial charge in [0.2, 0.25) is 11.7 Å². The van der Waals surface area contributed by atoms with Crippen LogP contribution in [-0.2, 0) is 11.3 Å². The molecule has 0 radical (unpaired) electrons. The van der Waals surface area contributed by atoms with Gasteiger partial charge in [0.25, 0.3) is 5.56 Å². The molecule has 1 saturated heterocycles. The SMILES string of the molecule is N#Cc1c(F)ccc2c1n(CC1CCCO1)c(=O)c1c(-c3noc(C4CCCC4)n3)ncn12. The number of nitrogens with zero attached hydrogens (tertiary/aromatic N) is 6. The number of aromatic nitrogens is 5. The Morgan fingerprint density at radius 3 is 2.79 bits per heavy atom. The van der Waals surface area contributed by atoms with Crippen molar-refractivity contribution >= 4 is 16.6 Å². The third kappa shape index (κ3) is 3.15. The Balaban J connectivity index is 1.59. The number of imidazole rings is 1. The van der Waals surface area contributed by atoms with Crippen molar-refractivity contribution in [1.29, 1.82) is 5.26 Å². The Morgan fingerprint density at radius 2 is 2.03 bits per heavy atom. The molecule has 1 atom stereocenters. The highest BCUT2D eigenvalue weighted by Crippen LogP contribution is 2.34. The summed E-state index contributed by atoms with van der Waals surface area (Å²) >= 11 is 0. The normalized spacial score (nSPS) is 19.1. The highest BCUT2D eigenvalue weighted by atomic mass is 19.1. The van der Waals surface area contributed by atoms with Gasteiger partial charge < -0.3 is 13.8 Å². The number of ether oxygens (including phenoxy) is 1. The van der Waals surface area contributed by atoms with Crippen LogP contribution in [0.5, 0.6) is 0 Å². The first-order valence-electron chi connectivity index (χ1n) is 11.2. The van der Waals surface area contributed by atoms with E-state index in [4.69, 9.17) is 9.26 Å². The Kier molecular flexibility index (Phi) is 4.73. The van der Waals surface area contributed by atoms with Crippen molar-refractivity contribution in [2.45, 2.75) is 57.1 Å². The third-order valence-corrected chi connectivity index (χ3v) is 6.73. The van der Waals surface area contributed by atoms with Crippen LogP contribution in [0.2, 0.25) is 0 Å². The number of benzene rings is 1. The standard InChI is InChI=1S/C23H21FN6O3/c24-16-7-8-17-19(15(16)10-25)29(11-14-6-3-9-32-14)23(31)20-18(26-12-30(17)20)21-27-22(33-28-21)13-4-1-2-5-13/h7-8,12-14H,1-6,9,11H2. The van der Waals surface area contributed by atoms with Crippen LogP contribution in [0.3, 0.4) is 0 Å². The van der Waals surface area contributed by atoms with Gasteiger partial charge in [-0.15, -0.1) is 0 Å². The van der Waals surface area contributed by atoms with Crippen molar-refractivity contribution in [3.8, 4) is 17.6 Å². The second-order valence-electron chi connectivity index (χ2n) is 8.70. The molecule has 0 amide bonds. The van der Waals surface area contributed by atoms with E-state index in [1.165, 1.54) is 17.0 Å². The lowest BCUT2D eigenvalue weighted by Gasteiger charge is -2.17. The van der Waals surface area contributed by atoms with Crippen molar-refractivity contribution in [1.82, 2.24) is 24.1 Å². The molecule has 0 spiro atoms. The van der Waals surface area contributed by atoms with Crippen molar-refractivity contribution in [3.05, 3.63) is 46.1 Å². The molecule has 1 aromatic carbocycles. The Labute approximate surface area is 187 Å². The number of fused-ring (bicyclic) bond motifs is 3. The Morgan fingerprint density at radius 1 is 1.18 bits per heavy atom. The van der Waals surface area contributed by atoms with Crippen LogP contribution in [0.15, 0.2) is 27.8 Å².